The lowest BCUT2D eigenvalue weighted by Crippen LogP contribution is -1.95. The molecular weight excluding hydrogens is 254 g/mol. The predicted octanol–water partition coefficient (Wildman–Crippen LogP) is 4.02. The summed E-state index contributed by atoms with van der Waals surface area (Å²) in [6.45, 7) is 2.64. The lowest BCUT2D eigenvalue weighted by atomic mass is 10.2. The molecular formula is C13H14ClNOS. The summed E-state index contributed by atoms with van der Waals surface area (Å²) < 4.78 is 5.70. The van der Waals surface area contributed by atoms with Crippen molar-refractivity contribution < 1.29 is 4.74 Å². The van der Waals surface area contributed by atoms with Gasteiger partial charge in [0.1, 0.15) is 17.4 Å². The van der Waals surface area contributed by atoms with Crippen LogP contribution in [-0.2, 0) is 18.9 Å². The van der Waals surface area contributed by atoms with E-state index in [0.29, 0.717) is 12.5 Å². The third-order valence-electron chi connectivity index (χ3n) is 2.41. The third kappa shape index (κ3) is 3.45. The Morgan fingerprint density at radius 3 is 3.00 bits per heavy atom. The van der Waals surface area contributed by atoms with Crippen molar-refractivity contribution in [1.29, 1.82) is 0 Å². The fourth-order valence-corrected chi connectivity index (χ4v) is 2.41. The minimum Gasteiger partial charge on any atom is -0.486 e. The summed E-state index contributed by atoms with van der Waals surface area (Å²) in [7, 11) is 0. The Morgan fingerprint density at radius 2 is 2.29 bits per heavy atom. The van der Waals surface area contributed by atoms with Gasteiger partial charge in [0.15, 0.2) is 0 Å². The zero-order valence-corrected chi connectivity index (χ0v) is 11.2. The van der Waals surface area contributed by atoms with Crippen LogP contribution >= 0.6 is 22.9 Å². The largest absolute Gasteiger partial charge is 0.486 e. The summed E-state index contributed by atoms with van der Waals surface area (Å²) in [6, 6.07) is 8.15. The summed E-state index contributed by atoms with van der Waals surface area (Å²) in [6.07, 6.45) is 1.02. The minimum absolute atomic E-state index is 0.460. The average Bonchev–Trinajstić information content (AvgIpc) is 2.84. The Hall–Kier alpha value is -1.06. The molecule has 0 saturated carbocycles. The minimum atomic E-state index is 0.460. The van der Waals surface area contributed by atoms with Gasteiger partial charge in [0.2, 0.25) is 0 Å². The van der Waals surface area contributed by atoms with E-state index in [-0.39, 0.29) is 0 Å². The van der Waals surface area contributed by atoms with E-state index >= 15 is 0 Å². The molecule has 0 amide bonds. The van der Waals surface area contributed by atoms with Gasteiger partial charge in [0.25, 0.3) is 0 Å². The van der Waals surface area contributed by atoms with Gasteiger partial charge in [-0.2, -0.15) is 0 Å². The molecule has 1 heterocycles. The average molecular weight is 268 g/mol. The number of ether oxygens (including phenoxy) is 1. The van der Waals surface area contributed by atoms with Crippen LogP contribution in [-0.4, -0.2) is 4.98 Å². The molecule has 0 bridgehead atoms. The zero-order chi connectivity index (χ0) is 12.1. The Bertz CT molecular complexity index is 484. The lowest BCUT2D eigenvalue weighted by molar-refractivity contribution is 0.305. The van der Waals surface area contributed by atoms with Crippen molar-refractivity contribution in [3.05, 3.63) is 45.9 Å². The second-order valence-electron chi connectivity index (χ2n) is 3.66. The van der Waals surface area contributed by atoms with Crippen LogP contribution in [0.25, 0.3) is 0 Å². The molecule has 4 heteroatoms. The van der Waals surface area contributed by atoms with Crippen LogP contribution in [0.5, 0.6) is 5.75 Å². The molecule has 0 aliphatic heterocycles. The van der Waals surface area contributed by atoms with Crippen LogP contribution in [0.1, 0.15) is 23.2 Å². The molecule has 0 atom stereocenters. The topological polar surface area (TPSA) is 22.1 Å². The number of aryl methyl sites for hydroxylation is 1. The number of thiazole rings is 1. The van der Waals surface area contributed by atoms with E-state index in [2.05, 4.69) is 24.0 Å². The van der Waals surface area contributed by atoms with Gasteiger partial charge in [-0.05, 0) is 24.1 Å². The van der Waals surface area contributed by atoms with E-state index in [0.717, 1.165) is 22.9 Å². The third-order valence-corrected chi connectivity index (χ3v) is 3.55. The molecule has 0 fully saturated rings. The Balaban J connectivity index is 1.96. The van der Waals surface area contributed by atoms with Gasteiger partial charge >= 0.3 is 0 Å². The molecule has 2 nitrogen and oxygen atoms in total. The maximum atomic E-state index is 5.70. The fraction of sp³-hybridized carbons (Fsp3) is 0.308. The number of benzene rings is 1. The van der Waals surface area contributed by atoms with Crippen molar-refractivity contribution in [2.75, 3.05) is 0 Å². The van der Waals surface area contributed by atoms with Crippen LogP contribution in [0, 0.1) is 0 Å². The lowest BCUT2D eigenvalue weighted by Gasteiger charge is -2.05. The number of hydrogen-bond donors (Lipinski definition) is 0. The summed E-state index contributed by atoms with van der Waals surface area (Å²) in [4.78, 5) is 4.35. The molecule has 17 heavy (non-hydrogen) atoms. The molecule has 1 aromatic carbocycles. The molecule has 0 N–H and O–H groups in total. The van der Waals surface area contributed by atoms with E-state index in [4.69, 9.17) is 16.3 Å². The zero-order valence-electron chi connectivity index (χ0n) is 9.65. The molecule has 0 spiro atoms. The van der Waals surface area contributed by atoms with Crippen molar-refractivity contribution in [1.82, 2.24) is 4.98 Å². The number of aromatic nitrogens is 1. The molecule has 90 valence electrons. The first-order valence-electron chi connectivity index (χ1n) is 5.52. The predicted molar refractivity (Wildman–Crippen MR) is 71.8 cm³/mol. The standard InChI is InChI=1S/C13H14ClNOS/c1-2-10-4-3-5-12(6-10)16-8-13-15-11(7-14)9-17-13/h3-6,9H,2,7-8H2,1H3. The van der Waals surface area contributed by atoms with Crippen molar-refractivity contribution >= 4 is 22.9 Å². The first-order chi connectivity index (χ1) is 8.31. The number of alkyl halides is 1. The van der Waals surface area contributed by atoms with Crippen LogP contribution in [0.3, 0.4) is 0 Å². The highest BCUT2D eigenvalue weighted by atomic mass is 35.5. The first-order valence-corrected chi connectivity index (χ1v) is 6.94. The molecule has 2 aromatic rings. The van der Waals surface area contributed by atoms with Crippen LogP contribution in [0.4, 0.5) is 0 Å². The van der Waals surface area contributed by atoms with E-state index in [9.17, 15) is 0 Å². The first kappa shape index (κ1) is 12.4. The van der Waals surface area contributed by atoms with Gasteiger partial charge < -0.3 is 4.74 Å². The van der Waals surface area contributed by atoms with Crippen LogP contribution in [0.15, 0.2) is 29.6 Å². The number of halogens is 1. The SMILES string of the molecule is CCc1cccc(OCc2nc(CCl)cs2)c1. The quantitative estimate of drug-likeness (QED) is 0.764. The Kier molecular flexibility index (Phi) is 4.40. The van der Waals surface area contributed by atoms with Crippen molar-refractivity contribution in [2.24, 2.45) is 0 Å². The van der Waals surface area contributed by atoms with Gasteiger partial charge in [0.05, 0.1) is 11.6 Å². The molecule has 0 aliphatic rings. The highest BCUT2D eigenvalue weighted by Gasteiger charge is 2.02. The van der Waals surface area contributed by atoms with E-state index < -0.39 is 0 Å². The van der Waals surface area contributed by atoms with Gasteiger partial charge in [0, 0.05) is 5.38 Å². The Morgan fingerprint density at radius 1 is 1.41 bits per heavy atom. The normalized spacial score (nSPS) is 10.5. The van der Waals surface area contributed by atoms with Crippen LogP contribution in [0.2, 0.25) is 0 Å². The van der Waals surface area contributed by atoms with Crippen molar-refractivity contribution in [2.45, 2.75) is 25.8 Å². The van der Waals surface area contributed by atoms with Gasteiger partial charge in [-0.1, -0.05) is 19.1 Å². The number of hydrogen-bond acceptors (Lipinski definition) is 3. The summed E-state index contributed by atoms with van der Waals surface area (Å²) in [5.41, 5.74) is 2.20. The Labute approximate surface area is 110 Å². The van der Waals surface area contributed by atoms with Gasteiger partial charge in [-0.3, -0.25) is 0 Å². The second kappa shape index (κ2) is 6.03. The van der Waals surface area contributed by atoms with Gasteiger partial charge in [-0.15, -0.1) is 22.9 Å². The summed E-state index contributed by atoms with van der Waals surface area (Å²) >= 11 is 7.28. The maximum Gasteiger partial charge on any atom is 0.140 e. The van der Waals surface area contributed by atoms with Crippen molar-refractivity contribution in [3.63, 3.8) is 0 Å². The van der Waals surface area contributed by atoms with Crippen molar-refractivity contribution in [3.8, 4) is 5.75 Å². The molecule has 0 saturated heterocycles. The molecule has 0 radical (unpaired) electrons. The van der Waals surface area contributed by atoms with E-state index in [1.807, 2.05) is 17.5 Å². The van der Waals surface area contributed by atoms with E-state index in [1.165, 1.54) is 5.56 Å². The monoisotopic (exact) mass is 267 g/mol. The summed E-state index contributed by atoms with van der Waals surface area (Å²) in [5, 5.41) is 2.93. The molecule has 0 aliphatic carbocycles. The summed E-state index contributed by atoms with van der Waals surface area (Å²) in [5.74, 6) is 1.36. The maximum absolute atomic E-state index is 5.70. The number of nitrogens with zero attached hydrogens (tertiary/aromatic N) is 1. The van der Waals surface area contributed by atoms with Gasteiger partial charge in [-0.25, -0.2) is 4.98 Å². The highest BCUT2D eigenvalue weighted by Crippen LogP contribution is 2.17. The van der Waals surface area contributed by atoms with E-state index in [1.54, 1.807) is 11.3 Å². The molecule has 1 aromatic heterocycles. The smallest absolute Gasteiger partial charge is 0.140 e. The molecule has 0 unspecified atom stereocenters. The highest BCUT2D eigenvalue weighted by molar-refractivity contribution is 7.09. The second-order valence-corrected chi connectivity index (χ2v) is 4.87. The molecule has 2 rings (SSSR count). The fourth-order valence-electron chi connectivity index (χ4n) is 1.48. The van der Waals surface area contributed by atoms with Crippen LogP contribution < -0.4 is 4.74 Å². The number of rotatable bonds is 5.